The highest BCUT2D eigenvalue weighted by atomic mass is 16.4. The second-order valence-electron chi connectivity index (χ2n) is 7.06. The van der Waals surface area contributed by atoms with Crippen molar-refractivity contribution in [2.45, 2.75) is 49.9 Å². The number of hydrogen-bond acceptors (Lipinski definition) is 9. The van der Waals surface area contributed by atoms with Crippen LogP contribution in [0.15, 0.2) is 12.5 Å². The summed E-state index contributed by atoms with van der Waals surface area (Å²) < 4.78 is 0. The van der Waals surface area contributed by atoms with Gasteiger partial charge in [0.2, 0.25) is 17.7 Å². The fraction of sp³-hybridized carbons (Fsp3) is 0.611. The number of aliphatic carboxylic acids is 1. The van der Waals surface area contributed by atoms with E-state index in [-0.39, 0.29) is 6.42 Å². The van der Waals surface area contributed by atoms with E-state index in [1.165, 1.54) is 12.5 Å². The van der Waals surface area contributed by atoms with Crippen molar-refractivity contribution in [3.63, 3.8) is 0 Å². The Morgan fingerprint density at radius 2 is 1.56 bits per heavy atom. The van der Waals surface area contributed by atoms with Crippen molar-refractivity contribution < 1.29 is 34.5 Å². The molecule has 1 aromatic heterocycles. The van der Waals surface area contributed by atoms with E-state index in [2.05, 4.69) is 25.9 Å². The van der Waals surface area contributed by atoms with Crippen LogP contribution in [0.5, 0.6) is 0 Å². The van der Waals surface area contributed by atoms with E-state index < -0.39 is 61.1 Å². The molecule has 0 saturated heterocycles. The molecule has 0 aromatic carbocycles. The lowest BCUT2D eigenvalue weighted by Crippen LogP contribution is -2.58. The minimum atomic E-state index is -1.58. The van der Waals surface area contributed by atoms with Crippen LogP contribution in [0.25, 0.3) is 0 Å². The van der Waals surface area contributed by atoms with Gasteiger partial charge in [-0.15, -0.1) is 0 Å². The van der Waals surface area contributed by atoms with Gasteiger partial charge in [-0.1, -0.05) is 6.42 Å². The molecule has 0 aliphatic carbocycles. The van der Waals surface area contributed by atoms with Gasteiger partial charge in [0, 0.05) is 18.3 Å². The fourth-order valence-corrected chi connectivity index (χ4v) is 2.67. The second kappa shape index (κ2) is 14.1. The zero-order valence-electron chi connectivity index (χ0n) is 17.5. The van der Waals surface area contributed by atoms with Crippen molar-refractivity contribution in [3.8, 4) is 0 Å². The van der Waals surface area contributed by atoms with Crippen LogP contribution in [-0.2, 0) is 25.6 Å². The topological polar surface area (TPSA) is 246 Å². The summed E-state index contributed by atoms with van der Waals surface area (Å²) in [6, 6.07) is -5.18. The van der Waals surface area contributed by atoms with Gasteiger partial charge in [-0.05, 0) is 19.4 Å². The molecule has 14 nitrogen and oxygen atoms in total. The third kappa shape index (κ3) is 8.97. The van der Waals surface area contributed by atoms with Gasteiger partial charge in [-0.3, -0.25) is 14.4 Å². The van der Waals surface area contributed by atoms with Crippen LogP contribution in [0.1, 0.15) is 25.0 Å². The van der Waals surface area contributed by atoms with Gasteiger partial charge in [-0.25, -0.2) is 9.78 Å². The summed E-state index contributed by atoms with van der Waals surface area (Å²) in [5, 5.41) is 34.5. The van der Waals surface area contributed by atoms with Crippen LogP contribution in [0, 0.1) is 0 Å². The highest BCUT2D eigenvalue weighted by Crippen LogP contribution is 2.02. The van der Waals surface area contributed by atoms with Gasteiger partial charge in [0.1, 0.15) is 18.1 Å². The summed E-state index contributed by atoms with van der Waals surface area (Å²) in [6.45, 7) is -1.17. The number of carboxylic acids is 1. The van der Waals surface area contributed by atoms with Gasteiger partial charge in [0.25, 0.3) is 0 Å². The first-order valence-electron chi connectivity index (χ1n) is 10.0. The number of H-pyrrole nitrogens is 1. The summed E-state index contributed by atoms with van der Waals surface area (Å²) in [7, 11) is 0. The van der Waals surface area contributed by atoms with Crippen LogP contribution in [0.4, 0.5) is 0 Å². The molecule has 1 aromatic rings. The van der Waals surface area contributed by atoms with E-state index in [4.69, 9.17) is 21.7 Å². The SMILES string of the molecule is NCCCCC(N)C(=O)NC(CO)C(=O)NC(Cc1cnc[nH]1)C(=O)NC(CO)C(=O)O. The number of nitrogens with zero attached hydrogens (tertiary/aromatic N) is 1. The molecule has 4 unspecified atom stereocenters. The maximum absolute atomic E-state index is 12.6. The number of aliphatic hydroxyl groups excluding tert-OH is 2. The van der Waals surface area contributed by atoms with E-state index in [0.717, 1.165) is 0 Å². The molecule has 11 N–H and O–H groups in total. The number of nitrogens with one attached hydrogen (secondary N) is 4. The van der Waals surface area contributed by atoms with E-state index >= 15 is 0 Å². The number of carboxylic acid groups (broad SMARTS) is 1. The molecule has 0 aliphatic rings. The number of aromatic nitrogens is 2. The first kappa shape index (κ1) is 27.0. The maximum Gasteiger partial charge on any atom is 0.328 e. The highest BCUT2D eigenvalue weighted by Gasteiger charge is 2.30. The van der Waals surface area contributed by atoms with E-state index in [1.807, 2.05) is 0 Å². The summed E-state index contributed by atoms with van der Waals surface area (Å²) >= 11 is 0. The number of hydrogen-bond donors (Lipinski definition) is 9. The average Bonchev–Trinajstić information content (AvgIpc) is 3.27. The molecule has 0 radical (unpaired) electrons. The number of carbonyl (C=O) groups excluding carboxylic acids is 3. The minimum Gasteiger partial charge on any atom is -0.480 e. The Morgan fingerprint density at radius 3 is 2.09 bits per heavy atom. The molecule has 180 valence electrons. The third-order valence-electron chi connectivity index (χ3n) is 4.53. The Kier molecular flexibility index (Phi) is 11.9. The number of aromatic amines is 1. The summed E-state index contributed by atoms with van der Waals surface area (Å²) in [4.78, 5) is 55.0. The Hall–Kier alpha value is -3.07. The molecule has 0 aliphatic heterocycles. The number of unbranched alkanes of at least 4 members (excludes halogenated alkanes) is 1. The molecule has 0 spiro atoms. The van der Waals surface area contributed by atoms with E-state index in [9.17, 15) is 24.3 Å². The summed E-state index contributed by atoms with van der Waals surface area (Å²) in [6.07, 6.45) is 4.29. The second-order valence-corrected chi connectivity index (χ2v) is 7.06. The van der Waals surface area contributed by atoms with Crippen LogP contribution in [0.2, 0.25) is 0 Å². The lowest BCUT2D eigenvalue weighted by Gasteiger charge is -2.24. The first-order chi connectivity index (χ1) is 15.2. The molecule has 0 saturated carbocycles. The average molecular weight is 457 g/mol. The lowest BCUT2D eigenvalue weighted by molar-refractivity contribution is -0.143. The number of nitrogens with two attached hydrogens (primary N) is 2. The van der Waals surface area contributed by atoms with Gasteiger partial charge >= 0.3 is 5.97 Å². The quantitative estimate of drug-likeness (QED) is 0.115. The normalized spacial score (nSPS) is 14.6. The Labute approximate surface area is 184 Å². The third-order valence-corrected chi connectivity index (χ3v) is 4.53. The van der Waals surface area contributed by atoms with Crippen LogP contribution in [-0.4, -0.2) is 92.9 Å². The fourth-order valence-electron chi connectivity index (χ4n) is 2.67. The smallest absolute Gasteiger partial charge is 0.328 e. The molecule has 0 fully saturated rings. The van der Waals surface area contributed by atoms with Crippen LogP contribution >= 0.6 is 0 Å². The van der Waals surface area contributed by atoms with E-state index in [1.54, 1.807) is 0 Å². The number of rotatable bonds is 15. The molecule has 1 rings (SSSR count). The van der Waals surface area contributed by atoms with Crippen molar-refractivity contribution in [2.75, 3.05) is 19.8 Å². The molecule has 14 heteroatoms. The standard InChI is InChI=1S/C18H31N7O7/c19-4-2-1-3-11(20)15(28)24-13(7-26)17(30)23-12(5-10-6-21-9-22-10)16(29)25-14(8-27)18(31)32/h6,9,11-14,26-27H,1-5,7-8,19-20H2,(H,21,22)(H,23,30)(H,24,28)(H,25,29)(H,31,32). The molecule has 4 atom stereocenters. The van der Waals surface area contributed by atoms with Crippen molar-refractivity contribution in [3.05, 3.63) is 18.2 Å². The summed E-state index contributed by atoms with van der Waals surface area (Å²) in [5.41, 5.74) is 11.6. The predicted molar refractivity (Wildman–Crippen MR) is 111 cm³/mol. The van der Waals surface area contributed by atoms with Crippen molar-refractivity contribution in [1.29, 1.82) is 0 Å². The Morgan fingerprint density at radius 1 is 0.969 bits per heavy atom. The minimum absolute atomic E-state index is 0.0972. The van der Waals surface area contributed by atoms with Gasteiger partial charge in [0.05, 0.1) is 25.6 Å². The molecule has 0 bridgehead atoms. The van der Waals surface area contributed by atoms with Gasteiger partial charge in [-0.2, -0.15) is 0 Å². The molecular weight excluding hydrogens is 426 g/mol. The van der Waals surface area contributed by atoms with Crippen molar-refractivity contribution >= 4 is 23.7 Å². The zero-order chi connectivity index (χ0) is 24.1. The number of carbonyl (C=O) groups is 4. The molecule has 3 amide bonds. The van der Waals surface area contributed by atoms with Gasteiger partial charge < -0.3 is 47.7 Å². The molecular formula is C18H31N7O7. The number of imidazole rings is 1. The van der Waals surface area contributed by atoms with Crippen LogP contribution < -0.4 is 27.4 Å². The van der Waals surface area contributed by atoms with Crippen molar-refractivity contribution in [1.82, 2.24) is 25.9 Å². The summed E-state index contributed by atoms with van der Waals surface area (Å²) in [5.74, 6) is -3.89. The predicted octanol–water partition coefficient (Wildman–Crippen LogP) is -4.07. The highest BCUT2D eigenvalue weighted by molar-refractivity contribution is 5.94. The molecule has 32 heavy (non-hydrogen) atoms. The number of amides is 3. The number of aliphatic hydroxyl groups is 2. The van der Waals surface area contributed by atoms with Crippen molar-refractivity contribution in [2.24, 2.45) is 11.5 Å². The zero-order valence-corrected chi connectivity index (χ0v) is 17.5. The van der Waals surface area contributed by atoms with Gasteiger partial charge in [0.15, 0.2) is 0 Å². The Bertz CT molecular complexity index is 744. The lowest BCUT2D eigenvalue weighted by atomic mass is 10.1. The molecule has 1 heterocycles. The first-order valence-corrected chi connectivity index (χ1v) is 10.0. The van der Waals surface area contributed by atoms with Crippen LogP contribution in [0.3, 0.4) is 0 Å². The Balaban J connectivity index is 2.84. The maximum atomic E-state index is 12.6. The monoisotopic (exact) mass is 457 g/mol. The largest absolute Gasteiger partial charge is 0.480 e. The van der Waals surface area contributed by atoms with E-state index in [0.29, 0.717) is 31.5 Å².